The second kappa shape index (κ2) is 31.0. The van der Waals surface area contributed by atoms with Crippen molar-refractivity contribution in [2.24, 2.45) is 0 Å². The lowest BCUT2D eigenvalue weighted by molar-refractivity contribution is -0.368. The maximum absolute atomic E-state index is 12.8. The van der Waals surface area contributed by atoms with Gasteiger partial charge in [0.05, 0.1) is 38.6 Å². The van der Waals surface area contributed by atoms with Crippen LogP contribution >= 0.6 is 0 Å². The minimum absolute atomic E-state index is 0.530. The predicted octanol–water partition coefficient (Wildman–Crippen LogP) is -11.7. The predicted molar refractivity (Wildman–Crippen MR) is 266 cm³/mol. The molecule has 0 aromatic rings. The van der Waals surface area contributed by atoms with E-state index in [2.05, 4.69) is 26.6 Å². The van der Waals surface area contributed by atoms with Gasteiger partial charge in [-0.05, 0) is 14.0 Å². The molecule has 84 heavy (non-hydrogen) atoms. The molecule has 36 heteroatoms. The smallest absolute Gasteiger partial charge is 0.302 e. The largest absolute Gasteiger partial charge is 0.463 e. The van der Waals surface area contributed by atoms with Gasteiger partial charge >= 0.3 is 5.97 Å². The van der Waals surface area contributed by atoms with Crippen molar-refractivity contribution in [2.45, 2.75) is 225 Å². The lowest BCUT2D eigenvalue weighted by Gasteiger charge is -2.51. The van der Waals surface area contributed by atoms with E-state index in [0.717, 1.165) is 34.6 Å². The SMILES string of the molecule is CNC1C(OC2C(CO)OC(OC3C(CO)OC(OC4C(CO)OC(OC5C(COCOC6OC(C)C(O)C(O)C6O)OC(O)C(NC(C)=O)C5O)C(NC(C)=O)C4O)C(NC(C)=O)C3O)C(NC(C)=O)C2O)OC(COC(C)=O)C(O)C1O. The lowest BCUT2D eigenvalue weighted by Crippen LogP contribution is -2.72. The molecule has 6 aliphatic heterocycles. The average Bonchev–Trinajstić information content (AvgIpc) is 1.38. The number of aliphatic hydroxyl groups is 13. The quantitative estimate of drug-likeness (QED) is 0.0257. The van der Waals surface area contributed by atoms with E-state index in [1.54, 1.807) is 0 Å². The van der Waals surface area contributed by atoms with Crippen LogP contribution in [0, 0.1) is 0 Å². The molecule has 6 rings (SSSR count). The molecule has 0 saturated carbocycles. The van der Waals surface area contributed by atoms with Crippen molar-refractivity contribution in [3.05, 3.63) is 0 Å². The maximum Gasteiger partial charge on any atom is 0.302 e. The molecule has 6 heterocycles. The van der Waals surface area contributed by atoms with Crippen LogP contribution in [-0.2, 0) is 85.6 Å². The Hall–Kier alpha value is -3.69. The number of hydrogen-bond acceptors (Lipinski definition) is 32. The van der Waals surface area contributed by atoms with Crippen LogP contribution in [0.1, 0.15) is 41.5 Å². The maximum atomic E-state index is 12.8. The second-order valence-electron chi connectivity index (χ2n) is 21.0. The summed E-state index contributed by atoms with van der Waals surface area (Å²) >= 11 is 0. The first kappa shape index (κ1) is 69.4. The Bertz CT molecular complexity index is 2150. The van der Waals surface area contributed by atoms with Crippen molar-refractivity contribution in [1.29, 1.82) is 0 Å². The molecule has 6 saturated heterocycles. The number of likely N-dealkylation sites (N-methyl/N-ethyl adjacent to an activating group) is 1. The van der Waals surface area contributed by atoms with Gasteiger partial charge < -0.3 is 155 Å². The molecular formula is C48H81N5O31. The minimum atomic E-state index is -2.03. The molecule has 0 bridgehead atoms. The number of carbonyl (C=O) groups excluding carboxylic acids is 5. The zero-order chi connectivity index (χ0) is 62.2. The van der Waals surface area contributed by atoms with Crippen LogP contribution in [-0.4, -0.2) is 327 Å². The van der Waals surface area contributed by atoms with E-state index in [9.17, 15) is 90.4 Å². The van der Waals surface area contributed by atoms with Crippen LogP contribution in [0.5, 0.6) is 0 Å². The summed E-state index contributed by atoms with van der Waals surface area (Å²) in [6, 6.07) is -7.94. The Balaban J connectivity index is 1.21. The van der Waals surface area contributed by atoms with E-state index in [-0.39, 0.29) is 0 Å². The summed E-state index contributed by atoms with van der Waals surface area (Å²) < 4.78 is 75.6. The molecule has 6 fully saturated rings. The summed E-state index contributed by atoms with van der Waals surface area (Å²) in [5.74, 6) is -3.89. The Kier molecular flexibility index (Phi) is 25.6. The Labute approximate surface area is 479 Å². The Morgan fingerprint density at radius 2 is 0.786 bits per heavy atom. The fourth-order valence-electron chi connectivity index (χ4n) is 10.6. The van der Waals surface area contributed by atoms with Crippen LogP contribution in [0.25, 0.3) is 0 Å². The third kappa shape index (κ3) is 16.5. The van der Waals surface area contributed by atoms with Crippen LogP contribution in [0.3, 0.4) is 0 Å². The third-order valence-corrected chi connectivity index (χ3v) is 14.8. The molecule has 36 nitrogen and oxygen atoms in total. The highest BCUT2D eigenvalue weighted by Crippen LogP contribution is 2.36. The summed E-state index contributed by atoms with van der Waals surface area (Å²) in [5, 5.41) is 155. The van der Waals surface area contributed by atoms with E-state index in [1.807, 2.05) is 0 Å². The molecule has 0 aromatic carbocycles. The first-order valence-electron chi connectivity index (χ1n) is 26.9. The van der Waals surface area contributed by atoms with Gasteiger partial charge in [0.15, 0.2) is 37.7 Å². The van der Waals surface area contributed by atoms with Gasteiger partial charge in [-0.2, -0.15) is 0 Å². The van der Waals surface area contributed by atoms with Crippen molar-refractivity contribution in [3.8, 4) is 0 Å². The average molecular weight is 1220 g/mol. The monoisotopic (exact) mass is 1220 g/mol. The van der Waals surface area contributed by atoms with E-state index in [0.29, 0.717) is 0 Å². The molecule has 6 aliphatic rings. The molecule has 30 unspecified atom stereocenters. The third-order valence-electron chi connectivity index (χ3n) is 14.8. The number of rotatable bonds is 23. The number of amides is 4. The number of hydrogen-bond donors (Lipinski definition) is 18. The molecule has 484 valence electrons. The number of aliphatic hydroxyl groups excluding tert-OH is 13. The van der Waals surface area contributed by atoms with E-state index < -0.39 is 253 Å². The molecule has 0 aliphatic carbocycles. The molecule has 4 amide bonds. The Morgan fingerprint density at radius 1 is 0.405 bits per heavy atom. The fraction of sp³-hybridized carbons (Fsp3) is 0.896. The zero-order valence-electron chi connectivity index (χ0n) is 46.7. The van der Waals surface area contributed by atoms with Gasteiger partial charge in [-0.1, -0.05) is 0 Å². The van der Waals surface area contributed by atoms with Crippen molar-refractivity contribution >= 4 is 29.6 Å². The summed E-state index contributed by atoms with van der Waals surface area (Å²) in [6.45, 7) is 1.90. The molecule has 0 aromatic heterocycles. The fourth-order valence-corrected chi connectivity index (χ4v) is 10.6. The van der Waals surface area contributed by atoms with Gasteiger partial charge in [0.25, 0.3) is 0 Å². The second-order valence-corrected chi connectivity index (χ2v) is 21.0. The van der Waals surface area contributed by atoms with Crippen LogP contribution in [0.4, 0.5) is 0 Å². The van der Waals surface area contributed by atoms with Gasteiger partial charge in [0, 0.05) is 34.6 Å². The Morgan fingerprint density at radius 3 is 1.18 bits per heavy atom. The molecule has 18 N–H and O–H groups in total. The number of nitrogens with one attached hydrogen (secondary N) is 5. The van der Waals surface area contributed by atoms with E-state index in [1.165, 1.54) is 14.0 Å². The van der Waals surface area contributed by atoms with Crippen molar-refractivity contribution < 1.29 is 152 Å². The van der Waals surface area contributed by atoms with E-state index >= 15 is 0 Å². The first-order chi connectivity index (χ1) is 39.6. The van der Waals surface area contributed by atoms with Crippen LogP contribution in [0.2, 0.25) is 0 Å². The molecular weight excluding hydrogens is 1140 g/mol. The standard InChI is InChI=1S/C48H81N5O31/c1-14-30(62)37(69)38(70)48(75-14)74-13-72-11-24-42(33(65)25(43(71)76-24)50-15(2)57)84-47-29(53-18(5)60)36(68)41(22(10-56)79-47)83-46-28(52-17(4)59)35(67)40(21(9-55)78-46)82-45-27(51-16(3)58)34(66)39(20(8-54)77-45)81-44-26(49-7)32(64)31(63)23(80-44)12-73-19(6)61/h14,20-49,54-56,62-71H,8-13H2,1-7H3,(H,50,57)(H,51,58)(H,52,59)(H,53,60). The van der Waals surface area contributed by atoms with Crippen molar-refractivity contribution in [1.82, 2.24) is 26.6 Å². The highest BCUT2D eigenvalue weighted by molar-refractivity contribution is 5.74. The van der Waals surface area contributed by atoms with Gasteiger partial charge in [-0.15, -0.1) is 0 Å². The lowest BCUT2D eigenvalue weighted by atomic mass is 9.93. The number of esters is 1. The normalized spacial score (nSPS) is 44.5. The summed E-state index contributed by atoms with van der Waals surface area (Å²) in [5.41, 5.74) is 0. The van der Waals surface area contributed by atoms with Crippen LogP contribution < -0.4 is 26.6 Å². The molecule has 0 spiro atoms. The first-order valence-corrected chi connectivity index (χ1v) is 26.9. The molecule has 30 atom stereocenters. The highest BCUT2D eigenvalue weighted by atomic mass is 16.8. The van der Waals surface area contributed by atoms with Crippen LogP contribution in [0.15, 0.2) is 0 Å². The van der Waals surface area contributed by atoms with E-state index in [4.69, 9.17) is 61.6 Å². The van der Waals surface area contributed by atoms with Crippen molar-refractivity contribution in [2.75, 3.05) is 46.9 Å². The van der Waals surface area contributed by atoms with Gasteiger partial charge in [0.1, 0.15) is 147 Å². The number of carbonyl (C=O) groups is 5. The van der Waals surface area contributed by atoms with Gasteiger partial charge in [0.2, 0.25) is 23.6 Å². The summed E-state index contributed by atoms with van der Waals surface area (Å²) in [4.78, 5) is 62.1. The summed E-state index contributed by atoms with van der Waals surface area (Å²) in [6.07, 6.45) is -42.3. The number of ether oxygens (including phenoxy) is 13. The topological polar surface area (TPSA) is 528 Å². The highest BCUT2D eigenvalue weighted by Gasteiger charge is 2.58. The van der Waals surface area contributed by atoms with Gasteiger partial charge in [-0.3, -0.25) is 24.0 Å². The summed E-state index contributed by atoms with van der Waals surface area (Å²) in [7, 11) is 1.39. The minimum Gasteiger partial charge on any atom is -0.463 e. The van der Waals surface area contributed by atoms with Gasteiger partial charge in [-0.25, -0.2) is 0 Å². The van der Waals surface area contributed by atoms with Crippen molar-refractivity contribution in [3.63, 3.8) is 0 Å². The zero-order valence-corrected chi connectivity index (χ0v) is 46.7. The molecule has 0 radical (unpaired) electrons.